The van der Waals surface area contributed by atoms with Crippen molar-refractivity contribution in [3.63, 3.8) is 0 Å². The van der Waals surface area contributed by atoms with Crippen LogP contribution in [0.5, 0.6) is 0 Å². The Morgan fingerprint density at radius 1 is 1.12 bits per heavy atom. The van der Waals surface area contributed by atoms with Gasteiger partial charge in [0.2, 0.25) is 0 Å². The third-order valence-electron chi connectivity index (χ3n) is 4.25. The molecule has 0 atom stereocenters. The van der Waals surface area contributed by atoms with E-state index in [4.69, 9.17) is 4.74 Å². The second kappa shape index (κ2) is 10.2. The minimum absolute atomic E-state index is 0.206. The minimum atomic E-state index is -0.206. The van der Waals surface area contributed by atoms with Gasteiger partial charge in [0.25, 0.3) is 0 Å². The predicted molar refractivity (Wildman–Crippen MR) is 113 cm³/mol. The summed E-state index contributed by atoms with van der Waals surface area (Å²) in [6.45, 7) is 22.4. The van der Waals surface area contributed by atoms with Crippen molar-refractivity contribution in [3.05, 3.63) is 48.2 Å². The van der Waals surface area contributed by atoms with Crippen LogP contribution in [0.4, 0.5) is 0 Å². The van der Waals surface area contributed by atoms with E-state index in [9.17, 15) is 0 Å². The first kappa shape index (κ1) is 22.1. The van der Waals surface area contributed by atoms with Gasteiger partial charge in [0, 0.05) is 49.4 Å². The van der Waals surface area contributed by atoms with Crippen LogP contribution >= 0.6 is 0 Å². The zero-order chi connectivity index (χ0) is 19.7. The lowest BCUT2D eigenvalue weighted by molar-refractivity contribution is -0.00706. The Labute approximate surface area is 160 Å². The third kappa shape index (κ3) is 7.11. The van der Waals surface area contributed by atoms with Crippen LogP contribution in [0.3, 0.4) is 0 Å². The molecule has 0 saturated carbocycles. The highest BCUT2D eigenvalue weighted by atomic mass is 16.5. The van der Waals surface area contributed by atoms with Gasteiger partial charge in [0.05, 0.1) is 0 Å². The Morgan fingerprint density at radius 2 is 1.69 bits per heavy atom. The molecule has 0 bridgehead atoms. The summed E-state index contributed by atoms with van der Waals surface area (Å²) in [4.78, 5) is 9.25. The quantitative estimate of drug-likeness (QED) is 0.358. The molecule has 0 aromatic carbocycles. The monoisotopic (exact) mass is 359 g/mol. The number of hydrogen-bond acceptors (Lipinski definition) is 4. The molecule has 0 aliphatic carbocycles. The summed E-state index contributed by atoms with van der Waals surface area (Å²) in [6, 6.07) is 0. The number of allylic oxidation sites excluding steroid dienone is 5. The predicted octanol–water partition coefficient (Wildman–Crippen LogP) is 5.13. The second-order valence-electron chi connectivity index (χ2n) is 7.59. The van der Waals surface area contributed by atoms with Gasteiger partial charge in [0.1, 0.15) is 5.60 Å². The van der Waals surface area contributed by atoms with E-state index >= 15 is 0 Å². The summed E-state index contributed by atoms with van der Waals surface area (Å²) in [5.74, 6) is 0.773. The molecule has 0 aromatic rings. The molecular weight excluding hydrogens is 322 g/mol. The zero-order valence-corrected chi connectivity index (χ0v) is 17.8. The molecule has 146 valence electrons. The van der Waals surface area contributed by atoms with Crippen molar-refractivity contribution in [2.45, 2.75) is 60.5 Å². The van der Waals surface area contributed by atoms with Crippen molar-refractivity contribution in [2.24, 2.45) is 4.99 Å². The normalized spacial score (nSPS) is 17.9. The maximum atomic E-state index is 5.92. The summed E-state index contributed by atoms with van der Waals surface area (Å²) >= 11 is 0. The lowest BCUT2D eigenvalue weighted by Gasteiger charge is -2.40. The van der Waals surface area contributed by atoms with Crippen LogP contribution < -0.4 is 0 Å². The summed E-state index contributed by atoms with van der Waals surface area (Å²) in [7, 11) is 0. The SMILES string of the molecule is C=C(OC(C)(C)C)N1CCN(/C(C)=C(\C=C/C)C(/C)=N/C=C/CC)CC1. The number of hydrogen-bond donors (Lipinski definition) is 0. The average molecular weight is 360 g/mol. The van der Waals surface area contributed by atoms with E-state index in [1.165, 1.54) is 11.3 Å². The van der Waals surface area contributed by atoms with Crippen LogP contribution in [-0.4, -0.2) is 47.3 Å². The molecule has 1 saturated heterocycles. The van der Waals surface area contributed by atoms with E-state index < -0.39 is 0 Å². The van der Waals surface area contributed by atoms with Crippen molar-refractivity contribution in [1.82, 2.24) is 9.80 Å². The first-order valence-corrected chi connectivity index (χ1v) is 9.60. The molecule has 1 heterocycles. The Bertz CT molecular complexity index is 583. The number of ether oxygens (including phenoxy) is 1. The van der Waals surface area contributed by atoms with Gasteiger partial charge in [-0.3, -0.25) is 4.99 Å². The summed E-state index contributed by atoms with van der Waals surface area (Å²) < 4.78 is 5.92. The summed E-state index contributed by atoms with van der Waals surface area (Å²) in [6.07, 6.45) is 9.21. The van der Waals surface area contributed by atoms with Gasteiger partial charge in [-0.25, -0.2) is 0 Å². The fourth-order valence-electron chi connectivity index (χ4n) is 2.89. The van der Waals surface area contributed by atoms with Gasteiger partial charge in [-0.05, 0) is 54.5 Å². The van der Waals surface area contributed by atoms with E-state index in [-0.39, 0.29) is 5.60 Å². The fourth-order valence-corrected chi connectivity index (χ4v) is 2.89. The van der Waals surface area contributed by atoms with E-state index in [1.54, 1.807) is 0 Å². The van der Waals surface area contributed by atoms with Crippen molar-refractivity contribution in [1.29, 1.82) is 0 Å². The highest BCUT2D eigenvalue weighted by molar-refractivity contribution is 6.01. The first-order chi connectivity index (χ1) is 12.2. The van der Waals surface area contributed by atoms with Crippen LogP contribution in [0, 0.1) is 0 Å². The smallest absolute Gasteiger partial charge is 0.182 e. The molecule has 0 radical (unpaired) electrons. The molecule has 0 aromatic heterocycles. The number of aliphatic imine (C=N–C) groups is 1. The number of piperazine rings is 1. The van der Waals surface area contributed by atoms with Gasteiger partial charge < -0.3 is 14.5 Å². The molecule has 0 spiro atoms. The molecule has 0 N–H and O–H groups in total. The second-order valence-corrected chi connectivity index (χ2v) is 7.59. The Kier molecular flexibility index (Phi) is 8.70. The first-order valence-electron chi connectivity index (χ1n) is 9.60. The van der Waals surface area contributed by atoms with E-state index in [0.717, 1.165) is 44.2 Å². The lowest BCUT2D eigenvalue weighted by atomic mass is 10.1. The Balaban J connectivity index is 2.84. The Hall–Kier alpha value is -1.97. The van der Waals surface area contributed by atoms with Crippen molar-refractivity contribution >= 4 is 5.71 Å². The molecule has 1 aliphatic rings. The van der Waals surface area contributed by atoms with Crippen LogP contribution in [0.15, 0.2) is 53.2 Å². The van der Waals surface area contributed by atoms with Gasteiger partial charge >= 0.3 is 0 Å². The van der Waals surface area contributed by atoms with E-state index in [2.05, 4.69) is 81.1 Å². The van der Waals surface area contributed by atoms with Crippen LogP contribution in [0.25, 0.3) is 0 Å². The highest BCUT2D eigenvalue weighted by Crippen LogP contribution is 2.20. The van der Waals surface area contributed by atoms with Crippen LogP contribution in [0.2, 0.25) is 0 Å². The number of rotatable bonds is 7. The topological polar surface area (TPSA) is 28.1 Å². The molecule has 0 unspecified atom stereocenters. The van der Waals surface area contributed by atoms with Gasteiger partial charge in [-0.2, -0.15) is 0 Å². The van der Waals surface area contributed by atoms with Gasteiger partial charge in [-0.1, -0.05) is 25.2 Å². The summed E-state index contributed by atoms with van der Waals surface area (Å²) in [5, 5.41) is 0. The maximum absolute atomic E-state index is 5.92. The van der Waals surface area contributed by atoms with Crippen molar-refractivity contribution in [2.75, 3.05) is 26.2 Å². The van der Waals surface area contributed by atoms with E-state index in [1.807, 2.05) is 13.1 Å². The van der Waals surface area contributed by atoms with Crippen molar-refractivity contribution < 1.29 is 4.74 Å². The highest BCUT2D eigenvalue weighted by Gasteiger charge is 2.23. The number of nitrogens with zero attached hydrogens (tertiary/aromatic N) is 3. The zero-order valence-electron chi connectivity index (χ0n) is 17.8. The molecule has 4 nitrogen and oxygen atoms in total. The van der Waals surface area contributed by atoms with Crippen LogP contribution in [-0.2, 0) is 4.74 Å². The average Bonchev–Trinajstić information content (AvgIpc) is 2.58. The molecule has 26 heavy (non-hydrogen) atoms. The van der Waals surface area contributed by atoms with Crippen LogP contribution in [0.1, 0.15) is 54.9 Å². The molecule has 1 aliphatic heterocycles. The molecule has 1 rings (SSSR count). The molecule has 1 fully saturated rings. The van der Waals surface area contributed by atoms with E-state index in [0.29, 0.717) is 0 Å². The largest absolute Gasteiger partial charge is 0.474 e. The van der Waals surface area contributed by atoms with Gasteiger partial charge in [0.15, 0.2) is 5.88 Å². The molecule has 0 amide bonds. The Morgan fingerprint density at radius 3 is 2.19 bits per heavy atom. The molecule has 4 heteroatoms. The van der Waals surface area contributed by atoms with Gasteiger partial charge in [-0.15, -0.1) is 0 Å². The maximum Gasteiger partial charge on any atom is 0.182 e. The van der Waals surface area contributed by atoms with Crippen molar-refractivity contribution in [3.8, 4) is 0 Å². The standard InChI is InChI=1S/C22H37N3O/c1-9-11-13-23-18(3)21(12-10-2)19(4)24-14-16-25(17-15-24)20(5)26-22(6,7)8/h10-13H,5,9,14-17H2,1-4,6-8H3/b12-10-,13-11+,21-19+,23-18+. The minimum Gasteiger partial charge on any atom is -0.474 e. The lowest BCUT2D eigenvalue weighted by Crippen LogP contribution is -2.46. The fraction of sp³-hybridized carbons (Fsp3) is 0.591. The summed E-state index contributed by atoms with van der Waals surface area (Å²) in [5.41, 5.74) is 3.32. The molecular formula is C22H37N3O. The third-order valence-corrected chi connectivity index (χ3v) is 4.25.